The van der Waals surface area contributed by atoms with E-state index in [2.05, 4.69) is 5.32 Å². The molecule has 2 nitrogen and oxygen atoms in total. The topological polar surface area (TPSA) is 32.3 Å². The molecule has 2 aromatic rings. The van der Waals surface area contributed by atoms with Crippen LogP contribution in [0.3, 0.4) is 0 Å². The molecule has 0 aliphatic heterocycles. The van der Waals surface area contributed by atoms with Crippen LogP contribution < -0.4 is 5.32 Å². The molecule has 0 saturated carbocycles. The summed E-state index contributed by atoms with van der Waals surface area (Å²) < 4.78 is 12.7. The molecule has 0 unspecified atom stereocenters. The van der Waals surface area contributed by atoms with Crippen LogP contribution in [0.5, 0.6) is 5.75 Å². The number of phenols is 1. The highest BCUT2D eigenvalue weighted by Gasteiger charge is 1.99. The van der Waals surface area contributed by atoms with Crippen molar-refractivity contribution in [3.8, 4) is 5.75 Å². The lowest BCUT2D eigenvalue weighted by atomic mass is 10.2. The summed E-state index contributed by atoms with van der Waals surface area (Å²) in [7, 11) is 0. The number of hydrogen-bond donors (Lipinski definition) is 2. The number of aryl methyl sites for hydroxylation is 1. The van der Waals surface area contributed by atoms with Gasteiger partial charge in [0.05, 0.1) is 0 Å². The van der Waals surface area contributed by atoms with Crippen molar-refractivity contribution in [3.05, 3.63) is 53.8 Å². The molecule has 0 fully saturated rings. The summed E-state index contributed by atoms with van der Waals surface area (Å²) >= 11 is 0. The Morgan fingerprint density at radius 3 is 2.25 bits per heavy atom. The Bertz CT molecular complexity index is 494. The minimum absolute atomic E-state index is 0.243. The fraction of sp³-hybridized carbons (Fsp3) is 0.0769. The number of rotatable bonds is 2. The zero-order valence-corrected chi connectivity index (χ0v) is 8.87. The molecule has 0 aliphatic carbocycles. The number of nitrogens with one attached hydrogen (secondary N) is 1. The first-order valence-corrected chi connectivity index (χ1v) is 4.97. The van der Waals surface area contributed by atoms with Crippen LogP contribution in [0.25, 0.3) is 0 Å². The highest BCUT2D eigenvalue weighted by Crippen LogP contribution is 2.23. The third-order valence-corrected chi connectivity index (χ3v) is 2.34. The van der Waals surface area contributed by atoms with E-state index in [0.717, 1.165) is 16.9 Å². The Hall–Kier alpha value is -2.03. The Labute approximate surface area is 93.4 Å². The summed E-state index contributed by atoms with van der Waals surface area (Å²) in [6, 6.07) is 11.4. The van der Waals surface area contributed by atoms with E-state index in [4.69, 9.17) is 0 Å². The van der Waals surface area contributed by atoms with Crippen molar-refractivity contribution >= 4 is 11.4 Å². The largest absolute Gasteiger partial charge is 0.508 e. The smallest absolute Gasteiger partial charge is 0.123 e. The van der Waals surface area contributed by atoms with Crippen molar-refractivity contribution < 1.29 is 9.50 Å². The van der Waals surface area contributed by atoms with E-state index in [-0.39, 0.29) is 11.6 Å². The number of benzene rings is 2. The SMILES string of the molecule is Cc1ccc(Nc2ccc(F)cc2)cc1O. The van der Waals surface area contributed by atoms with Gasteiger partial charge in [-0.15, -0.1) is 0 Å². The average molecular weight is 217 g/mol. The Balaban J connectivity index is 2.20. The molecule has 82 valence electrons. The molecule has 2 N–H and O–H groups in total. The van der Waals surface area contributed by atoms with Gasteiger partial charge < -0.3 is 10.4 Å². The highest BCUT2D eigenvalue weighted by atomic mass is 19.1. The van der Waals surface area contributed by atoms with E-state index in [1.54, 1.807) is 18.2 Å². The summed E-state index contributed by atoms with van der Waals surface area (Å²) in [5.41, 5.74) is 2.38. The van der Waals surface area contributed by atoms with Crippen LogP contribution in [-0.4, -0.2) is 5.11 Å². The van der Waals surface area contributed by atoms with Gasteiger partial charge in [0.25, 0.3) is 0 Å². The van der Waals surface area contributed by atoms with Crippen molar-refractivity contribution in [1.29, 1.82) is 0 Å². The minimum atomic E-state index is -0.266. The number of phenolic OH excluding ortho intramolecular Hbond substituents is 1. The van der Waals surface area contributed by atoms with Gasteiger partial charge in [-0.05, 0) is 42.8 Å². The molecule has 0 aliphatic rings. The molecule has 0 saturated heterocycles. The lowest BCUT2D eigenvalue weighted by Gasteiger charge is -2.07. The molecule has 2 rings (SSSR count). The summed E-state index contributed by atoms with van der Waals surface area (Å²) in [6.07, 6.45) is 0. The standard InChI is InChI=1S/C13H12FNO/c1-9-2-5-12(8-13(9)16)15-11-6-3-10(14)4-7-11/h2-8,15-16H,1H3. The number of anilines is 2. The third-order valence-electron chi connectivity index (χ3n) is 2.34. The van der Waals surface area contributed by atoms with Gasteiger partial charge in [-0.25, -0.2) is 4.39 Å². The first-order chi connectivity index (χ1) is 7.65. The van der Waals surface area contributed by atoms with Gasteiger partial charge in [0.1, 0.15) is 11.6 Å². The normalized spacial score (nSPS) is 10.1. The zero-order valence-electron chi connectivity index (χ0n) is 8.87. The Morgan fingerprint density at radius 2 is 1.62 bits per heavy atom. The maximum atomic E-state index is 12.7. The van der Waals surface area contributed by atoms with Gasteiger partial charge in [-0.3, -0.25) is 0 Å². The number of hydrogen-bond acceptors (Lipinski definition) is 2. The van der Waals surface area contributed by atoms with Crippen LogP contribution in [0.1, 0.15) is 5.56 Å². The van der Waals surface area contributed by atoms with E-state index < -0.39 is 0 Å². The first-order valence-electron chi connectivity index (χ1n) is 4.97. The first kappa shape index (κ1) is 10.5. The maximum Gasteiger partial charge on any atom is 0.123 e. The molecule has 0 bridgehead atoms. The predicted octanol–water partition coefficient (Wildman–Crippen LogP) is 3.58. The van der Waals surface area contributed by atoms with Gasteiger partial charge >= 0.3 is 0 Å². The van der Waals surface area contributed by atoms with Crippen LogP contribution >= 0.6 is 0 Å². The molecular weight excluding hydrogens is 205 g/mol. The maximum absolute atomic E-state index is 12.7. The zero-order chi connectivity index (χ0) is 11.5. The second-order valence-corrected chi connectivity index (χ2v) is 3.63. The molecule has 16 heavy (non-hydrogen) atoms. The molecule has 0 aromatic heterocycles. The predicted molar refractivity (Wildman–Crippen MR) is 62.5 cm³/mol. The monoisotopic (exact) mass is 217 g/mol. The summed E-state index contributed by atoms with van der Waals surface area (Å²) in [4.78, 5) is 0. The van der Waals surface area contributed by atoms with E-state index in [0.29, 0.717) is 0 Å². The van der Waals surface area contributed by atoms with Gasteiger partial charge in [-0.2, -0.15) is 0 Å². The second kappa shape index (κ2) is 4.23. The van der Waals surface area contributed by atoms with Crippen LogP contribution in [0.15, 0.2) is 42.5 Å². The fourth-order valence-electron chi connectivity index (χ4n) is 1.39. The Morgan fingerprint density at radius 1 is 1.00 bits per heavy atom. The summed E-state index contributed by atoms with van der Waals surface area (Å²) in [5, 5.41) is 12.6. The molecule has 0 spiro atoms. The van der Waals surface area contributed by atoms with E-state index in [1.807, 2.05) is 19.1 Å². The van der Waals surface area contributed by atoms with Crippen molar-refractivity contribution in [2.45, 2.75) is 6.92 Å². The lowest BCUT2D eigenvalue weighted by Crippen LogP contribution is -1.90. The second-order valence-electron chi connectivity index (χ2n) is 3.63. The van der Waals surface area contributed by atoms with Gasteiger partial charge in [0.15, 0.2) is 0 Å². The van der Waals surface area contributed by atoms with Crippen molar-refractivity contribution in [3.63, 3.8) is 0 Å². The number of halogens is 1. The van der Waals surface area contributed by atoms with Crippen LogP contribution in [0.2, 0.25) is 0 Å². The van der Waals surface area contributed by atoms with E-state index >= 15 is 0 Å². The van der Waals surface area contributed by atoms with Crippen molar-refractivity contribution in [2.75, 3.05) is 5.32 Å². The lowest BCUT2D eigenvalue weighted by molar-refractivity contribution is 0.471. The molecular formula is C13H12FNO. The van der Waals surface area contributed by atoms with Gasteiger partial charge in [0.2, 0.25) is 0 Å². The summed E-state index contributed by atoms with van der Waals surface area (Å²) in [6.45, 7) is 1.83. The highest BCUT2D eigenvalue weighted by molar-refractivity contribution is 5.61. The van der Waals surface area contributed by atoms with Crippen LogP contribution in [0.4, 0.5) is 15.8 Å². The molecule has 3 heteroatoms. The molecule has 0 atom stereocenters. The van der Waals surface area contributed by atoms with Gasteiger partial charge in [0, 0.05) is 17.4 Å². The molecule has 2 aromatic carbocycles. The molecule has 0 heterocycles. The third kappa shape index (κ3) is 2.31. The van der Waals surface area contributed by atoms with Crippen molar-refractivity contribution in [1.82, 2.24) is 0 Å². The minimum Gasteiger partial charge on any atom is -0.508 e. The van der Waals surface area contributed by atoms with E-state index in [9.17, 15) is 9.50 Å². The van der Waals surface area contributed by atoms with Crippen LogP contribution in [0, 0.1) is 12.7 Å². The van der Waals surface area contributed by atoms with Gasteiger partial charge in [-0.1, -0.05) is 6.07 Å². The van der Waals surface area contributed by atoms with Crippen LogP contribution in [-0.2, 0) is 0 Å². The average Bonchev–Trinajstić information content (AvgIpc) is 2.27. The quantitative estimate of drug-likeness (QED) is 0.805. The number of aromatic hydroxyl groups is 1. The molecule has 0 radical (unpaired) electrons. The Kier molecular flexibility index (Phi) is 2.77. The molecule has 0 amide bonds. The fourth-order valence-corrected chi connectivity index (χ4v) is 1.39. The summed E-state index contributed by atoms with van der Waals surface area (Å²) in [5.74, 6) is -0.0237. The van der Waals surface area contributed by atoms with Crippen molar-refractivity contribution in [2.24, 2.45) is 0 Å². The van der Waals surface area contributed by atoms with E-state index in [1.165, 1.54) is 12.1 Å².